The number of benzene rings is 1. The first-order valence-corrected chi connectivity index (χ1v) is 7.53. The zero-order valence-electron chi connectivity index (χ0n) is 12.7. The Hall–Kier alpha value is -2.08. The maximum absolute atomic E-state index is 12.3. The van der Waals surface area contributed by atoms with Gasteiger partial charge < -0.3 is 19.3 Å². The lowest BCUT2D eigenvalue weighted by Crippen LogP contribution is -2.41. The minimum absolute atomic E-state index is 0.0235. The molecule has 0 atom stereocenters. The molecule has 0 saturated carbocycles. The van der Waals surface area contributed by atoms with Crippen LogP contribution in [0.4, 0.5) is 5.69 Å². The predicted octanol–water partition coefficient (Wildman–Crippen LogP) is 0.833. The molecule has 6 nitrogen and oxygen atoms in total. The molecule has 6 heteroatoms. The van der Waals surface area contributed by atoms with Crippen molar-refractivity contribution in [2.24, 2.45) is 0 Å². The Morgan fingerprint density at radius 1 is 1.23 bits per heavy atom. The Balaban J connectivity index is 1.76. The summed E-state index contributed by atoms with van der Waals surface area (Å²) < 4.78 is 10.9. The zero-order valence-corrected chi connectivity index (χ0v) is 12.7. The summed E-state index contributed by atoms with van der Waals surface area (Å²) in [6.07, 6.45) is 0.697. The normalized spacial score (nSPS) is 18.5. The molecule has 0 spiro atoms. The maximum Gasteiger partial charge on any atom is 0.230 e. The van der Waals surface area contributed by atoms with E-state index >= 15 is 0 Å². The lowest BCUT2D eigenvalue weighted by Gasteiger charge is -2.27. The highest BCUT2D eigenvalue weighted by atomic mass is 16.5. The first-order valence-electron chi connectivity index (χ1n) is 7.53. The molecule has 1 fully saturated rings. The highest BCUT2D eigenvalue weighted by molar-refractivity contribution is 5.95. The molecule has 1 saturated heterocycles. The van der Waals surface area contributed by atoms with E-state index in [0.29, 0.717) is 51.5 Å². The number of nitrogens with zero attached hydrogens (tertiary/aromatic N) is 2. The van der Waals surface area contributed by atoms with Gasteiger partial charge >= 0.3 is 0 Å². The third-order valence-electron chi connectivity index (χ3n) is 4.05. The predicted molar refractivity (Wildman–Crippen MR) is 81.1 cm³/mol. The average Bonchev–Trinajstić information content (AvgIpc) is 2.68. The van der Waals surface area contributed by atoms with Crippen molar-refractivity contribution < 1.29 is 19.1 Å². The minimum atomic E-state index is 0.0235. The van der Waals surface area contributed by atoms with Crippen molar-refractivity contribution in [2.75, 3.05) is 44.9 Å². The summed E-state index contributed by atoms with van der Waals surface area (Å²) in [5.41, 5.74) is 1.62. The fourth-order valence-electron chi connectivity index (χ4n) is 2.71. The molecule has 0 unspecified atom stereocenters. The van der Waals surface area contributed by atoms with Gasteiger partial charge in [0.25, 0.3) is 0 Å². The number of amides is 2. The number of fused-ring (bicyclic) bond motifs is 1. The van der Waals surface area contributed by atoms with E-state index in [2.05, 4.69) is 0 Å². The van der Waals surface area contributed by atoms with Gasteiger partial charge in [-0.05, 0) is 17.7 Å². The Bertz CT molecular complexity index is 582. The van der Waals surface area contributed by atoms with Crippen LogP contribution in [0.15, 0.2) is 18.2 Å². The first-order chi connectivity index (χ1) is 10.6. The second-order valence-corrected chi connectivity index (χ2v) is 5.52. The van der Waals surface area contributed by atoms with E-state index in [1.807, 2.05) is 23.1 Å². The van der Waals surface area contributed by atoms with E-state index in [0.717, 1.165) is 11.3 Å². The van der Waals surface area contributed by atoms with Crippen LogP contribution in [0.2, 0.25) is 0 Å². The van der Waals surface area contributed by atoms with Crippen molar-refractivity contribution in [3.63, 3.8) is 0 Å². The molecular weight excluding hydrogens is 284 g/mol. The van der Waals surface area contributed by atoms with Crippen molar-refractivity contribution in [1.82, 2.24) is 4.90 Å². The van der Waals surface area contributed by atoms with Crippen LogP contribution < -0.4 is 9.64 Å². The number of hydrogen-bond donors (Lipinski definition) is 0. The van der Waals surface area contributed by atoms with Crippen molar-refractivity contribution in [2.45, 2.75) is 12.8 Å². The standard InChI is InChI=1S/C16H20N2O4/c1-17-13-10-12(2-3-14(13)22-7-4-15(17)19)11-16(20)18-5-8-21-9-6-18/h2-3,10H,4-9,11H2,1H3. The quantitative estimate of drug-likeness (QED) is 0.812. The van der Waals surface area contributed by atoms with Crippen LogP contribution in [0.5, 0.6) is 5.75 Å². The molecule has 0 radical (unpaired) electrons. The smallest absolute Gasteiger partial charge is 0.230 e. The van der Waals surface area contributed by atoms with E-state index in [-0.39, 0.29) is 11.8 Å². The molecule has 118 valence electrons. The molecule has 1 aromatic carbocycles. The zero-order chi connectivity index (χ0) is 15.5. The van der Waals surface area contributed by atoms with Gasteiger partial charge in [-0.2, -0.15) is 0 Å². The summed E-state index contributed by atoms with van der Waals surface area (Å²) in [7, 11) is 1.74. The summed E-state index contributed by atoms with van der Waals surface area (Å²) in [5.74, 6) is 0.804. The van der Waals surface area contributed by atoms with Gasteiger partial charge in [0.15, 0.2) is 0 Å². The van der Waals surface area contributed by atoms with E-state index in [4.69, 9.17) is 9.47 Å². The van der Waals surface area contributed by atoms with E-state index in [1.54, 1.807) is 11.9 Å². The lowest BCUT2D eigenvalue weighted by molar-refractivity contribution is -0.134. The van der Waals surface area contributed by atoms with Crippen LogP contribution in [-0.4, -0.2) is 56.7 Å². The molecule has 3 rings (SSSR count). The summed E-state index contributed by atoms with van der Waals surface area (Å²) >= 11 is 0. The summed E-state index contributed by atoms with van der Waals surface area (Å²) in [6, 6.07) is 5.60. The summed E-state index contributed by atoms with van der Waals surface area (Å²) in [6.45, 7) is 2.88. The second-order valence-electron chi connectivity index (χ2n) is 5.52. The molecule has 1 aromatic rings. The van der Waals surface area contributed by atoms with Crippen molar-refractivity contribution in [3.8, 4) is 5.75 Å². The van der Waals surface area contributed by atoms with Crippen LogP contribution >= 0.6 is 0 Å². The summed E-state index contributed by atoms with van der Waals surface area (Å²) in [4.78, 5) is 27.6. The van der Waals surface area contributed by atoms with Crippen molar-refractivity contribution >= 4 is 17.5 Å². The van der Waals surface area contributed by atoms with Crippen LogP contribution in [0.25, 0.3) is 0 Å². The van der Waals surface area contributed by atoms with Gasteiger partial charge in [0.05, 0.1) is 38.3 Å². The molecule has 0 N–H and O–H groups in total. The van der Waals surface area contributed by atoms with E-state index < -0.39 is 0 Å². The van der Waals surface area contributed by atoms with Gasteiger partial charge in [0.1, 0.15) is 5.75 Å². The van der Waals surface area contributed by atoms with E-state index in [1.165, 1.54) is 0 Å². The molecule has 0 bridgehead atoms. The van der Waals surface area contributed by atoms with Crippen LogP contribution in [-0.2, 0) is 20.7 Å². The van der Waals surface area contributed by atoms with Gasteiger partial charge in [-0.15, -0.1) is 0 Å². The highest BCUT2D eigenvalue weighted by Gasteiger charge is 2.22. The SMILES string of the molecule is CN1C(=O)CCOc2ccc(CC(=O)N3CCOCC3)cc21. The Morgan fingerprint density at radius 3 is 2.77 bits per heavy atom. The molecular formula is C16H20N2O4. The Labute approximate surface area is 129 Å². The number of anilines is 1. The third-order valence-corrected chi connectivity index (χ3v) is 4.05. The number of morpholine rings is 1. The Kier molecular flexibility index (Phi) is 4.29. The van der Waals surface area contributed by atoms with Crippen LogP contribution in [0.3, 0.4) is 0 Å². The number of carbonyl (C=O) groups excluding carboxylic acids is 2. The van der Waals surface area contributed by atoms with Crippen molar-refractivity contribution in [3.05, 3.63) is 23.8 Å². The number of carbonyl (C=O) groups is 2. The molecule has 2 aliphatic heterocycles. The number of rotatable bonds is 2. The first kappa shape index (κ1) is 14.8. The third kappa shape index (κ3) is 3.06. The fourth-order valence-corrected chi connectivity index (χ4v) is 2.71. The van der Waals surface area contributed by atoms with Gasteiger partial charge in [-0.3, -0.25) is 9.59 Å². The highest BCUT2D eigenvalue weighted by Crippen LogP contribution is 2.31. The fraction of sp³-hybridized carbons (Fsp3) is 0.500. The molecule has 2 aliphatic rings. The van der Waals surface area contributed by atoms with Gasteiger partial charge in [-0.1, -0.05) is 6.07 Å². The number of ether oxygens (including phenoxy) is 2. The maximum atomic E-state index is 12.3. The van der Waals surface area contributed by atoms with Gasteiger partial charge in [-0.25, -0.2) is 0 Å². The molecule has 2 amide bonds. The van der Waals surface area contributed by atoms with Crippen LogP contribution in [0, 0.1) is 0 Å². The van der Waals surface area contributed by atoms with Crippen LogP contribution in [0.1, 0.15) is 12.0 Å². The molecule has 0 aliphatic carbocycles. The van der Waals surface area contributed by atoms with Gasteiger partial charge in [0, 0.05) is 20.1 Å². The minimum Gasteiger partial charge on any atom is -0.491 e. The van der Waals surface area contributed by atoms with Crippen molar-refractivity contribution in [1.29, 1.82) is 0 Å². The summed E-state index contributed by atoms with van der Waals surface area (Å²) in [5, 5.41) is 0. The number of hydrogen-bond acceptors (Lipinski definition) is 4. The molecule has 22 heavy (non-hydrogen) atoms. The molecule has 0 aromatic heterocycles. The van der Waals surface area contributed by atoms with Gasteiger partial charge in [0.2, 0.25) is 11.8 Å². The topological polar surface area (TPSA) is 59.1 Å². The monoisotopic (exact) mass is 304 g/mol. The Morgan fingerprint density at radius 2 is 2.00 bits per heavy atom. The van der Waals surface area contributed by atoms with E-state index in [9.17, 15) is 9.59 Å². The average molecular weight is 304 g/mol. The molecule has 2 heterocycles. The largest absolute Gasteiger partial charge is 0.491 e. The lowest BCUT2D eigenvalue weighted by atomic mass is 10.1. The second kappa shape index (κ2) is 6.36.